The highest BCUT2D eigenvalue weighted by Crippen LogP contribution is 2.43. The summed E-state index contributed by atoms with van der Waals surface area (Å²) < 4.78 is 4.65. The fraction of sp³-hybridized carbons (Fsp3) is 0.571. The van der Waals surface area contributed by atoms with Crippen LogP contribution in [0.1, 0.15) is 46.7 Å². The van der Waals surface area contributed by atoms with E-state index in [0.29, 0.717) is 17.9 Å². The first-order valence-corrected chi connectivity index (χ1v) is 7.31. The van der Waals surface area contributed by atoms with E-state index in [1.807, 2.05) is 11.1 Å². The van der Waals surface area contributed by atoms with Crippen molar-refractivity contribution in [2.75, 3.05) is 13.1 Å². The Kier molecular flexibility index (Phi) is 2.63. The third-order valence-electron chi connectivity index (χ3n) is 4.84. The lowest BCUT2D eigenvalue weighted by Gasteiger charge is -2.40. The topological polar surface area (TPSA) is 87.9 Å². The summed E-state index contributed by atoms with van der Waals surface area (Å²) in [6, 6.07) is 0. The molecule has 1 fully saturated rings. The molecule has 21 heavy (non-hydrogen) atoms. The van der Waals surface area contributed by atoms with E-state index < -0.39 is 0 Å². The summed E-state index contributed by atoms with van der Waals surface area (Å²) in [5.74, 6) is -0.0826. The van der Waals surface area contributed by atoms with Crippen molar-refractivity contribution in [1.29, 1.82) is 0 Å². The lowest BCUT2D eigenvalue weighted by Crippen LogP contribution is -2.48. The summed E-state index contributed by atoms with van der Waals surface area (Å²) in [5.41, 5.74) is 3.42. The summed E-state index contributed by atoms with van der Waals surface area (Å²) in [6.07, 6.45) is 6.13. The minimum atomic E-state index is -0.0826. The maximum atomic E-state index is 12.6. The molecular weight excluding hydrogens is 270 g/mol. The van der Waals surface area contributed by atoms with Gasteiger partial charge < -0.3 is 4.90 Å². The van der Waals surface area contributed by atoms with Crippen LogP contribution in [0.25, 0.3) is 0 Å². The summed E-state index contributed by atoms with van der Waals surface area (Å²) >= 11 is 0. The molecule has 1 atom stereocenters. The smallest absolute Gasteiger partial charge is 0.278 e. The van der Waals surface area contributed by atoms with Crippen LogP contribution >= 0.6 is 0 Å². The first kappa shape index (κ1) is 12.6. The number of piperidine rings is 1. The molecule has 3 heterocycles. The van der Waals surface area contributed by atoms with Crippen LogP contribution in [-0.4, -0.2) is 44.4 Å². The van der Waals surface area contributed by atoms with Gasteiger partial charge in [0.15, 0.2) is 5.69 Å². The predicted molar refractivity (Wildman–Crippen MR) is 72.8 cm³/mol. The van der Waals surface area contributed by atoms with Gasteiger partial charge in [0, 0.05) is 24.2 Å². The number of nitrogens with one attached hydrogen (secondary N) is 1. The van der Waals surface area contributed by atoms with Gasteiger partial charge in [-0.25, -0.2) is 4.63 Å². The molecule has 0 aromatic carbocycles. The fourth-order valence-corrected chi connectivity index (χ4v) is 3.75. The number of carbonyl (C=O) groups excluding carboxylic acids is 1. The number of likely N-dealkylation sites (tertiary alicyclic amines) is 1. The van der Waals surface area contributed by atoms with Crippen LogP contribution in [0.15, 0.2) is 10.8 Å². The number of hydrogen-bond acceptors (Lipinski definition) is 5. The molecule has 7 heteroatoms. The van der Waals surface area contributed by atoms with E-state index in [0.717, 1.165) is 32.2 Å². The van der Waals surface area contributed by atoms with Crippen molar-refractivity contribution in [3.63, 3.8) is 0 Å². The second-order valence-electron chi connectivity index (χ2n) is 6.08. The Bertz CT molecular complexity index is 691. The molecule has 2 aliphatic rings. The number of carbonyl (C=O) groups is 1. The van der Waals surface area contributed by atoms with Gasteiger partial charge in [0.2, 0.25) is 0 Å². The highest BCUT2D eigenvalue weighted by atomic mass is 16.6. The Hall–Kier alpha value is -2.18. The third kappa shape index (κ3) is 1.80. The van der Waals surface area contributed by atoms with E-state index in [2.05, 4.69) is 25.1 Å². The highest BCUT2D eigenvalue weighted by molar-refractivity contribution is 5.93. The zero-order valence-corrected chi connectivity index (χ0v) is 11.9. The van der Waals surface area contributed by atoms with Crippen LogP contribution in [0, 0.1) is 6.92 Å². The van der Waals surface area contributed by atoms with Gasteiger partial charge >= 0.3 is 0 Å². The molecule has 1 amide bonds. The van der Waals surface area contributed by atoms with Crippen LogP contribution in [0.4, 0.5) is 0 Å². The van der Waals surface area contributed by atoms with Gasteiger partial charge in [0.1, 0.15) is 5.69 Å². The highest BCUT2D eigenvalue weighted by Gasteiger charge is 2.45. The normalized spacial score (nSPS) is 24.5. The molecule has 0 saturated carbocycles. The van der Waals surface area contributed by atoms with Crippen molar-refractivity contribution in [3.05, 3.63) is 28.8 Å². The van der Waals surface area contributed by atoms with Crippen molar-refractivity contribution in [2.45, 2.75) is 38.0 Å². The molecule has 2 aromatic rings. The van der Waals surface area contributed by atoms with Crippen molar-refractivity contribution >= 4 is 5.91 Å². The molecular formula is C14H17N5O2. The zero-order valence-electron chi connectivity index (χ0n) is 11.9. The molecule has 2 aromatic heterocycles. The first-order chi connectivity index (χ1) is 10.2. The van der Waals surface area contributed by atoms with Gasteiger partial charge in [-0.05, 0) is 43.3 Å². The van der Waals surface area contributed by atoms with Crippen LogP contribution in [-0.2, 0) is 11.8 Å². The average molecular weight is 287 g/mol. The maximum Gasteiger partial charge on any atom is 0.278 e. The number of aromatic amines is 1. The Labute approximate surface area is 121 Å². The fourth-order valence-electron chi connectivity index (χ4n) is 3.75. The number of fused-ring (bicyclic) bond motifs is 2. The summed E-state index contributed by atoms with van der Waals surface area (Å²) in [6.45, 7) is 3.22. The van der Waals surface area contributed by atoms with E-state index in [1.165, 1.54) is 11.3 Å². The standard InChI is InChI=1S/C14H17N5O2/c1-9-11(18-21-17-9)13(20)19-6-2-4-14(8-19)5-3-10-7-15-16-12(10)14/h7H,2-6,8H2,1H3,(H,15,16). The van der Waals surface area contributed by atoms with E-state index in [4.69, 9.17) is 0 Å². The summed E-state index contributed by atoms with van der Waals surface area (Å²) in [4.78, 5) is 14.5. The molecule has 1 saturated heterocycles. The largest absolute Gasteiger partial charge is 0.336 e. The van der Waals surface area contributed by atoms with Crippen LogP contribution < -0.4 is 0 Å². The van der Waals surface area contributed by atoms with Crippen LogP contribution in [0.5, 0.6) is 0 Å². The summed E-state index contributed by atoms with van der Waals surface area (Å²) in [5, 5.41) is 14.8. The number of H-pyrrole nitrogens is 1. The molecule has 1 spiro atoms. The molecule has 0 bridgehead atoms. The Morgan fingerprint density at radius 2 is 2.33 bits per heavy atom. The Morgan fingerprint density at radius 3 is 3.14 bits per heavy atom. The Balaban J connectivity index is 1.62. The quantitative estimate of drug-likeness (QED) is 0.852. The number of aryl methyl sites for hydroxylation is 2. The van der Waals surface area contributed by atoms with Gasteiger partial charge in [-0.2, -0.15) is 5.10 Å². The summed E-state index contributed by atoms with van der Waals surface area (Å²) in [7, 11) is 0. The minimum absolute atomic E-state index is 0.0326. The minimum Gasteiger partial charge on any atom is -0.336 e. The zero-order chi connectivity index (χ0) is 14.4. The third-order valence-corrected chi connectivity index (χ3v) is 4.84. The number of amides is 1. The van der Waals surface area contributed by atoms with Crippen molar-refractivity contribution < 1.29 is 9.42 Å². The van der Waals surface area contributed by atoms with E-state index in [9.17, 15) is 4.79 Å². The average Bonchev–Trinajstić information content (AvgIpc) is 3.18. The molecule has 0 radical (unpaired) electrons. The van der Waals surface area contributed by atoms with Crippen molar-refractivity contribution in [3.8, 4) is 0 Å². The molecule has 1 aliphatic heterocycles. The first-order valence-electron chi connectivity index (χ1n) is 7.31. The molecule has 1 unspecified atom stereocenters. The van der Waals surface area contributed by atoms with Gasteiger partial charge in [0.05, 0.1) is 6.20 Å². The van der Waals surface area contributed by atoms with E-state index >= 15 is 0 Å². The number of hydrogen-bond donors (Lipinski definition) is 1. The molecule has 7 nitrogen and oxygen atoms in total. The van der Waals surface area contributed by atoms with Crippen molar-refractivity contribution in [2.24, 2.45) is 0 Å². The monoisotopic (exact) mass is 287 g/mol. The molecule has 1 N–H and O–H groups in total. The second kappa shape index (κ2) is 4.41. The molecule has 1 aliphatic carbocycles. The maximum absolute atomic E-state index is 12.6. The lowest BCUT2D eigenvalue weighted by atomic mass is 9.77. The number of aromatic nitrogens is 4. The molecule has 4 rings (SSSR count). The number of nitrogens with zero attached hydrogens (tertiary/aromatic N) is 4. The Morgan fingerprint density at radius 1 is 1.43 bits per heavy atom. The van der Waals surface area contributed by atoms with E-state index in [1.54, 1.807) is 6.92 Å². The van der Waals surface area contributed by atoms with Gasteiger partial charge in [0.25, 0.3) is 5.91 Å². The number of rotatable bonds is 1. The van der Waals surface area contributed by atoms with Gasteiger partial charge in [-0.15, -0.1) is 0 Å². The second-order valence-corrected chi connectivity index (χ2v) is 6.08. The van der Waals surface area contributed by atoms with Gasteiger partial charge in [-0.1, -0.05) is 5.16 Å². The van der Waals surface area contributed by atoms with Gasteiger partial charge in [-0.3, -0.25) is 9.89 Å². The predicted octanol–water partition coefficient (Wildman–Crippen LogP) is 1.22. The molecule has 110 valence electrons. The lowest BCUT2D eigenvalue weighted by molar-refractivity contribution is 0.0621. The van der Waals surface area contributed by atoms with E-state index in [-0.39, 0.29) is 11.3 Å². The van der Waals surface area contributed by atoms with Crippen LogP contribution in [0.2, 0.25) is 0 Å². The van der Waals surface area contributed by atoms with Crippen LogP contribution in [0.3, 0.4) is 0 Å². The van der Waals surface area contributed by atoms with Crippen molar-refractivity contribution in [1.82, 2.24) is 25.4 Å². The SMILES string of the molecule is Cc1nonc1C(=O)N1CCCC2(CCc3cn[nH]c32)C1.